The summed E-state index contributed by atoms with van der Waals surface area (Å²) in [5, 5.41) is 8.87. The van der Waals surface area contributed by atoms with Gasteiger partial charge in [0.15, 0.2) is 5.96 Å². The van der Waals surface area contributed by atoms with Gasteiger partial charge in [-0.25, -0.2) is 0 Å². The molecule has 0 aliphatic carbocycles. The lowest BCUT2D eigenvalue weighted by Crippen LogP contribution is -2.43. The lowest BCUT2D eigenvalue weighted by Gasteiger charge is -2.25. The maximum atomic E-state index is 5.38. The highest BCUT2D eigenvalue weighted by Crippen LogP contribution is 2.26. The summed E-state index contributed by atoms with van der Waals surface area (Å²) in [6, 6.07) is 12.3. The molecule has 4 nitrogen and oxygen atoms in total. The van der Waals surface area contributed by atoms with Gasteiger partial charge in [0.2, 0.25) is 0 Å². The molecule has 5 heteroatoms. The van der Waals surface area contributed by atoms with Crippen molar-refractivity contribution in [1.82, 2.24) is 10.6 Å². The Labute approximate surface area is 142 Å². The minimum absolute atomic E-state index is 0.0657. The first-order valence-corrected chi connectivity index (χ1v) is 8.55. The number of rotatable bonds is 6. The van der Waals surface area contributed by atoms with Crippen LogP contribution in [0.25, 0.3) is 0 Å². The van der Waals surface area contributed by atoms with Crippen molar-refractivity contribution in [3.63, 3.8) is 0 Å². The van der Waals surface area contributed by atoms with Crippen molar-refractivity contribution in [2.75, 3.05) is 20.7 Å². The predicted molar refractivity (Wildman–Crippen MR) is 98.5 cm³/mol. The van der Waals surface area contributed by atoms with Crippen LogP contribution in [0.1, 0.15) is 24.3 Å². The molecule has 0 atom stereocenters. The molecule has 0 unspecified atom stereocenters. The summed E-state index contributed by atoms with van der Waals surface area (Å²) < 4.78 is 5.38. The number of methoxy groups -OCH3 is 1. The first-order valence-electron chi connectivity index (χ1n) is 7.67. The van der Waals surface area contributed by atoms with E-state index in [9.17, 15) is 0 Å². The maximum Gasteiger partial charge on any atom is 0.191 e. The molecule has 1 aromatic heterocycles. The van der Waals surface area contributed by atoms with E-state index in [0.29, 0.717) is 6.54 Å². The molecule has 1 aromatic carbocycles. The summed E-state index contributed by atoms with van der Waals surface area (Å²) in [4.78, 5) is 5.67. The molecule has 0 aliphatic heterocycles. The molecule has 23 heavy (non-hydrogen) atoms. The SMILES string of the molecule is CN=C(NCc1ccccc1OC)NCC(C)(C)c1cccs1. The van der Waals surface area contributed by atoms with Crippen molar-refractivity contribution in [2.24, 2.45) is 4.99 Å². The highest BCUT2D eigenvalue weighted by molar-refractivity contribution is 7.10. The molecule has 2 rings (SSSR count). The second-order valence-electron chi connectivity index (χ2n) is 5.95. The van der Waals surface area contributed by atoms with Crippen LogP contribution in [0.2, 0.25) is 0 Å². The van der Waals surface area contributed by atoms with E-state index in [-0.39, 0.29) is 5.41 Å². The van der Waals surface area contributed by atoms with Gasteiger partial charge in [0.1, 0.15) is 5.75 Å². The second-order valence-corrected chi connectivity index (χ2v) is 6.90. The Bertz CT molecular complexity index is 635. The van der Waals surface area contributed by atoms with E-state index < -0.39 is 0 Å². The van der Waals surface area contributed by atoms with Gasteiger partial charge in [-0.05, 0) is 17.5 Å². The number of hydrogen-bond donors (Lipinski definition) is 2. The first kappa shape index (κ1) is 17.3. The van der Waals surface area contributed by atoms with Gasteiger partial charge < -0.3 is 15.4 Å². The Morgan fingerprint density at radius 1 is 1.17 bits per heavy atom. The van der Waals surface area contributed by atoms with E-state index in [4.69, 9.17) is 4.74 Å². The van der Waals surface area contributed by atoms with Crippen LogP contribution in [0.15, 0.2) is 46.8 Å². The summed E-state index contributed by atoms with van der Waals surface area (Å²) in [7, 11) is 3.48. The van der Waals surface area contributed by atoms with Crippen molar-refractivity contribution in [3.05, 3.63) is 52.2 Å². The van der Waals surface area contributed by atoms with Gasteiger partial charge in [0.25, 0.3) is 0 Å². The molecule has 0 amide bonds. The number of guanidine groups is 1. The van der Waals surface area contributed by atoms with Crippen LogP contribution >= 0.6 is 11.3 Å². The molecule has 1 heterocycles. The molecule has 0 aliphatic rings. The summed E-state index contributed by atoms with van der Waals surface area (Å²) in [5.41, 5.74) is 1.17. The van der Waals surface area contributed by atoms with E-state index in [1.54, 1.807) is 25.5 Å². The van der Waals surface area contributed by atoms with Gasteiger partial charge in [-0.3, -0.25) is 4.99 Å². The van der Waals surface area contributed by atoms with Crippen LogP contribution in [-0.4, -0.2) is 26.7 Å². The number of nitrogens with zero attached hydrogens (tertiary/aromatic N) is 1. The zero-order chi connectivity index (χ0) is 16.7. The molecule has 2 N–H and O–H groups in total. The fourth-order valence-electron chi connectivity index (χ4n) is 2.30. The predicted octanol–water partition coefficient (Wildman–Crippen LogP) is 3.40. The fraction of sp³-hybridized carbons (Fsp3) is 0.389. The number of para-hydroxylation sites is 1. The molecule has 124 valence electrons. The third-order valence-electron chi connectivity index (χ3n) is 3.75. The van der Waals surface area contributed by atoms with Gasteiger partial charge in [-0.15, -0.1) is 11.3 Å². The molecule has 0 spiro atoms. The van der Waals surface area contributed by atoms with E-state index in [2.05, 4.69) is 53.1 Å². The number of thiophene rings is 1. The van der Waals surface area contributed by atoms with E-state index >= 15 is 0 Å². The summed E-state index contributed by atoms with van der Waals surface area (Å²) in [6.07, 6.45) is 0. The van der Waals surface area contributed by atoms with Crippen LogP contribution in [0.5, 0.6) is 5.75 Å². The number of benzene rings is 1. The van der Waals surface area contributed by atoms with Gasteiger partial charge in [-0.1, -0.05) is 38.1 Å². The van der Waals surface area contributed by atoms with Crippen molar-refractivity contribution in [3.8, 4) is 5.75 Å². The Kier molecular flexibility index (Phi) is 6.04. The van der Waals surface area contributed by atoms with Crippen LogP contribution < -0.4 is 15.4 Å². The normalized spacial score (nSPS) is 12.1. The molecular weight excluding hydrogens is 306 g/mol. The highest BCUT2D eigenvalue weighted by atomic mass is 32.1. The number of aliphatic imine (C=N–C) groups is 1. The smallest absolute Gasteiger partial charge is 0.191 e. The number of hydrogen-bond acceptors (Lipinski definition) is 3. The summed E-state index contributed by atoms with van der Waals surface area (Å²) in [6.45, 7) is 5.96. The van der Waals surface area contributed by atoms with Crippen molar-refractivity contribution >= 4 is 17.3 Å². The molecule has 0 bridgehead atoms. The number of ether oxygens (including phenoxy) is 1. The summed E-state index contributed by atoms with van der Waals surface area (Å²) >= 11 is 1.79. The van der Waals surface area contributed by atoms with Crippen LogP contribution in [-0.2, 0) is 12.0 Å². The van der Waals surface area contributed by atoms with Crippen LogP contribution in [0.4, 0.5) is 0 Å². The zero-order valence-corrected chi connectivity index (χ0v) is 15.0. The molecule has 2 aromatic rings. The highest BCUT2D eigenvalue weighted by Gasteiger charge is 2.21. The Balaban J connectivity index is 1.91. The molecule has 0 saturated carbocycles. The molecule has 0 radical (unpaired) electrons. The second kappa shape index (κ2) is 8.02. The van der Waals surface area contributed by atoms with Crippen LogP contribution in [0.3, 0.4) is 0 Å². The first-order chi connectivity index (χ1) is 11.1. The standard InChI is InChI=1S/C18H25N3OS/c1-18(2,16-10-7-11-23-16)13-21-17(19-3)20-12-14-8-5-6-9-15(14)22-4/h5-11H,12-13H2,1-4H3,(H2,19,20,21). The van der Waals surface area contributed by atoms with Crippen molar-refractivity contribution < 1.29 is 4.74 Å². The van der Waals surface area contributed by atoms with E-state index in [1.165, 1.54) is 4.88 Å². The molecule has 0 fully saturated rings. The topological polar surface area (TPSA) is 45.7 Å². The minimum atomic E-state index is 0.0657. The van der Waals surface area contributed by atoms with Crippen molar-refractivity contribution in [2.45, 2.75) is 25.8 Å². The zero-order valence-electron chi connectivity index (χ0n) is 14.2. The lowest BCUT2D eigenvalue weighted by molar-refractivity contribution is 0.409. The largest absolute Gasteiger partial charge is 0.496 e. The van der Waals surface area contributed by atoms with Crippen molar-refractivity contribution in [1.29, 1.82) is 0 Å². The average molecular weight is 331 g/mol. The quantitative estimate of drug-likeness (QED) is 0.630. The lowest BCUT2D eigenvalue weighted by atomic mass is 9.91. The number of nitrogens with one attached hydrogen (secondary N) is 2. The Morgan fingerprint density at radius 3 is 2.61 bits per heavy atom. The maximum absolute atomic E-state index is 5.38. The third-order valence-corrected chi connectivity index (χ3v) is 4.98. The average Bonchev–Trinajstić information content (AvgIpc) is 3.10. The Hall–Kier alpha value is -2.01. The third kappa shape index (κ3) is 4.73. The molecule has 0 saturated heterocycles. The van der Waals surface area contributed by atoms with Gasteiger partial charge in [0.05, 0.1) is 7.11 Å². The minimum Gasteiger partial charge on any atom is -0.496 e. The Morgan fingerprint density at radius 2 is 1.96 bits per heavy atom. The van der Waals surface area contributed by atoms with Crippen LogP contribution in [0, 0.1) is 0 Å². The fourth-order valence-corrected chi connectivity index (χ4v) is 3.16. The van der Waals surface area contributed by atoms with Gasteiger partial charge >= 0.3 is 0 Å². The van der Waals surface area contributed by atoms with E-state index in [0.717, 1.165) is 23.8 Å². The van der Waals surface area contributed by atoms with Gasteiger partial charge in [-0.2, -0.15) is 0 Å². The van der Waals surface area contributed by atoms with Gasteiger partial charge in [0, 0.05) is 36.0 Å². The molecular formula is C18H25N3OS. The monoisotopic (exact) mass is 331 g/mol. The van der Waals surface area contributed by atoms with E-state index in [1.807, 2.05) is 18.2 Å². The summed E-state index contributed by atoms with van der Waals surface area (Å²) in [5.74, 6) is 1.68.